The van der Waals surface area contributed by atoms with Crippen molar-refractivity contribution >= 4 is 11.9 Å². The minimum atomic E-state index is -1.42. The van der Waals surface area contributed by atoms with Crippen LogP contribution in [0.15, 0.2) is 11.1 Å². The molecule has 90 valence electrons. The van der Waals surface area contributed by atoms with Gasteiger partial charge in [0, 0.05) is 31.6 Å². The van der Waals surface area contributed by atoms with Crippen LogP contribution in [0.1, 0.15) is 13.3 Å². The molecule has 1 rings (SSSR count). The average Bonchev–Trinajstić information content (AvgIpc) is 2.14. The number of nitrogens with one attached hydrogen (secondary N) is 2. The summed E-state index contributed by atoms with van der Waals surface area (Å²) in [7, 11) is 0. The van der Waals surface area contributed by atoms with Gasteiger partial charge >= 0.3 is 5.97 Å². The van der Waals surface area contributed by atoms with Gasteiger partial charge in [-0.25, -0.2) is 4.79 Å². The molecule has 1 atom stereocenters. The van der Waals surface area contributed by atoms with Gasteiger partial charge in [-0.3, -0.25) is 4.79 Å². The van der Waals surface area contributed by atoms with E-state index in [0.29, 0.717) is 5.57 Å². The van der Waals surface area contributed by atoms with E-state index in [1.165, 1.54) is 0 Å². The van der Waals surface area contributed by atoms with Gasteiger partial charge in [-0.1, -0.05) is 0 Å². The third-order valence-corrected chi connectivity index (χ3v) is 2.54. The fraction of sp³-hybridized carbons (Fsp3) is 0.600. The molecule has 0 aromatic rings. The predicted molar refractivity (Wildman–Crippen MR) is 56.8 cm³/mol. The maximum Gasteiger partial charge on any atom is 0.332 e. The Bertz CT molecular complexity index is 319. The molecular weight excluding hydrogens is 212 g/mol. The van der Waals surface area contributed by atoms with Gasteiger partial charge in [-0.15, -0.1) is 0 Å². The molecular formula is C10H16N2O4. The van der Waals surface area contributed by atoms with E-state index < -0.39 is 12.1 Å². The van der Waals surface area contributed by atoms with E-state index in [2.05, 4.69) is 10.6 Å². The molecule has 6 nitrogen and oxygen atoms in total. The fourth-order valence-electron chi connectivity index (χ4n) is 1.25. The number of carbonyl (C=O) groups is 2. The van der Waals surface area contributed by atoms with Crippen LogP contribution in [0.25, 0.3) is 0 Å². The van der Waals surface area contributed by atoms with E-state index in [0.717, 1.165) is 18.7 Å². The van der Waals surface area contributed by atoms with Crippen molar-refractivity contribution in [1.82, 2.24) is 10.6 Å². The van der Waals surface area contributed by atoms with Crippen molar-refractivity contribution < 1.29 is 19.8 Å². The van der Waals surface area contributed by atoms with Crippen LogP contribution in [0.3, 0.4) is 0 Å². The van der Waals surface area contributed by atoms with Gasteiger partial charge in [0.15, 0.2) is 6.10 Å². The summed E-state index contributed by atoms with van der Waals surface area (Å²) < 4.78 is 0. The van der Waals surface area contributed by atoms with Gasteiger partial charge in [0.25, 0.3) is 0 Å². The van der Waals surface area contributed by atoms with Crippen LogP contribution in [0.2, 0.25) is 0 Å². The van der Waals surface area contributed by atoms with Crippen molar-refractivity contribution in [3.8, 4) is 0 Å². The maximum atomic E-state index is 11.5. The minimum Gasteiger partial charge on any atom is -0.479 e. The lowest BCUT2D eigenvalue weighted by molar-refractivity contribution is -0.147. The summed E-state index contributed by atoms with van der Waals surface area (Å²) in [6, 6.07) is 0. The van der Waals surface area contributed by atoms with E-state index in [-0.39, 0.29) is 18.9 Å². The summed E-state index contributed by atoms with van der Waals surface area (Å²) in [5.41, 5.74) is 1.74. The molecule has 1 saturated heterocycles. The molecule has 6 heteroatoms. The van der Waals surface area contributed by atoms with Crippen LogP contribution >= 0.6 is 0 Å². The van der Waals surface area contributed by atoms with Crippen molar-refractivity contribution in [2.45, 2.75) is 19.4 Å². The number of aliphatic carboxylic acids is 1. The van der Waals surface area contributed by atoms with Gasteiger partial charge in [0.1, 0.15) is 0 Å². The average molecular weight is 228 g/mol. The lowest BCUT2D eigenvalue weighted by Gasteiger charge is -2.21. The molecule has 1 unspecified atom stereocenters. The molecule has 0 aromatic carbocycles. The third kappa shape index (κ3) is 3.32. The van der Waals surface area contributed by atoms with E-state index in [1.54, 1.807) is 6.92 Å². The summed E-state index contributed by atoms with van der Waals surface area (Å²) in [5.74, 6) is -1.47. The number of aliphatic hydroxyl groups excluding tert-OH is 1. The largest absolute Gasteiger partial charge is 0.479 e. The Labute approximate surface area is 93.3 Å². The number of carboxylic acids is 1. The molecule has 0 aliphatic carbocycles. The Hall–Kier alpha value is -1.40. The van der Waals surface area contributed by atoms with Crippen LogP contribution < -0.4 is 10.6 Å². The van der Waals surface area contributed by atoms with Gasteiger partial charge < -0.3 is 20.8 Å². The second-order valence-corrected chi connectivity index (χ2v) is 3.73. The standard InChI is InChI=1S/C10H16N2O4/c1-6(7-4-11-5-7)9(14)12-3-2-8(13)10(15)16/h8,11,13H,2-5H2,1H3,(H,12,14)(H,15,16). The molecule has 1 aliphatic heterocycles. The number of carbonyl (C=O) groups excluding carboxylic acids is 1. The lowest BCUT2D eigenvalue weighted by atomic mass is 10.0. The zero-order valence-corrected chi connectivity index (χ0v) is 9.12. The quantitative estimate of drug-likeness (QED) is 0.446. The second-order valence-electron chi connectivity index (χ2n) is 3.73. The molecule has 0 radical (unpaired) electrons. The molecule has 0 saturated carbocycles. The Morgan fingerprint density at radius 2 is 2.12 bits per heavy atom. The highest BCUT2D eigenvalue weighted by molar-refractivity contribution is 5.93. The van der Waals surface area contributed by atoms with Crippen molar-refractivity contribution in [2.75, 3.05) is 19.6 Å². The van der Waals surface area contributed by atoms with Crippen LogP contribution in [-0.4, -0.2) is 47.8 Å². The molecule has 1 amide bonds. The Morgan fingerprint density at radius 3 is 2.56 bits per heavy atom. The normalized spacial score (nSPS) is 16.2. The molecule has 16 heavy (non-hydrogen) atoms. The first kappa shape index (κ1) is 12.7. The number of amides is 1. The van der Waals surface area contributed by atoms with Crippen molar-refractivity contribution in [2.24, 2.45) is 0 Å². The van der Waals surface area contributed by atoms with E-state index in [4.69, 9.17) is 10.2 Å². The first-order valence-electron chi connectivity index (χ1n) is 5.10. The molecule has 1 aliphatic rings. The van der Waals surface area contributed by atoms with Crippen molar-refractivity contribution in [3.63, 3.8) is 0 Å². The maximum absolute atomic E-state index is 11.5. The third-order valence-electron chi connectivity index (χ3n) is 2.54. The predicted octanol–water partition coefficient (Wildman–Crippen LogP) is -1.14. The van der Waals surface area contributed by atoms with E-state index in [1.807, 2.05) is 0 Å². The van der Waals surface area contributed by atoms with Gasteiger partial charge in [-0.2, -0.15) is 0 Å². The van der Waals surface area contributed by atoms with Crippen molar-refractivity contribution in [3.05, 3.63) is 11.1 Å². The first-order valence-corrected chi connectivity index (χ1v) is 5.10. The number of hydrogen-bond acceptors (Lipinski definition) is 4. The van der Waals surface area contributed by atoms with E-state index >= 15 is 0 Å². The molecule has 0 bridgehead atoms. The summed E-state index contributed by atoms with van der Waals surface area (Å²) >= 11 is 0. The first-order chi connectivity index (χ1) is 7.52. The monoisotopic (exact) mass is 228 g/mol. The number of hydrogen-bond donors (Lipinski definition) is 4. The summed E-state index contributed by atoms with van der Waals surface area (Å²) in [6.07, 6.45) is -1.40. The van der Waals surface area contributed by atoms with E-state index in [9.17, 15) is 9.59 Å². The minimum absolute atomic E-state index is 0.0158. The zero-order chi connectivity index (χ0) is 12.1. The number of aliphatic hydroxyl groups is 1. The highest BCUT2D eigenvalue weighted by Crippen LogP contribution is 2.08. The number of carboxylic acid groups (broad SMARTS) is 1. The zero-order valence-electron chi connectivity index (χ0n) is 9.12. The highest BCUT2D eigenvalue weighted by atomic mass is 16.4. The van der Waals surface area contributed by atoms with Gasteiger partial charge in [0.2, 0.25) is 5.91 Å². The van der Waals surface area contributed by atoms with Crippen LogP contribution in [0.4, 0.5) is 0 Å². The van der Waals surface area contributed by atoms with Gasteiger partial charge in [-0.05, 0) is 12.5 Å². The highest BCUT2D eigenvalue weighted by Gasteiger charge is 2.17. The topological polar surface area (TPSA) is 98.7 Å². The molecule has 0 aromatic heterocycles. The molecule has 4 N–H and O–H groups in total. The Kier molecular flexibility index (Phi) is 4.45. The SMILES string of the molecule is CC(C(=O)NCCC(O)C(=O)O)=C1CNC1. The lowest BCUT2D eigenvalue weighted by Crippen LogP contribution is -2.38. The summed E-state index contributed by atoms with van der Waals surface area (Å²) in [5, 5.41) is 23.0. The number of rotatable bonds is 5. The summed E-state index contributed by atoms with van der Waals surface area (Å²) in [6.45, 7) is 3.36. The molecule has 1 fully saturated rings. The molecule has 0 spiro atoms. The van der Waals surface area contributed by atoms with Gasteiger partial charge in [0.05, 0.1) is 0 Å². The molecule has 1 heterocycles. The second kappa shape index (κ2) is 5.62. The van der Waals surface area contributed by atoms with Crippen molar-refractivity contribution in [1.29, 1.82) is 0 Å². The Morgan fingerprint density at radius 1 is 1.50 bits per heavy atom. The summed E-state index contributed by atoms with van der Waals surface area (Å²) in [4.78, 5) is 21.8. The van der Waals surface area contributed by atoms with Crippen LogP contribution in [0, 0.1) is 0 Å². The fourth-order valence-corrected chi connectivity index (χ4v) is 1.25. The van der Waals surface area contributed by atoms with Crippen LogP contribution in [-0.2, 0) is 9.59 Å². The smallest absolute Gasteiger partial charge is 0.332 e. The Balaban J connectivity index is 2.28. The van der Waals surface area contributed by atoms with Crippen LogP contribution in [0.5, 0.6) is 0 Å².